The van der Waals surface area contributed by atoms with Crippen LogP contribution in [0.3, 0.4) is 0 Å². The van der Waals surface area contributed by atoms with Crippen molar-refractivity contribution in [2.24, 2.45) is 0 Å². The standard InChI is InChI=1S/C17H17Cl2NO2/c1-12-10-15(19)6-7-16(12)22-11-17(21)20-9-8-13-2-4-14(18)5-3-13/h2-7,10H,8-9,11H2,1H3,(H,20,21). The largest absolute Gasteiger partial charge is 0.484 e. The number of halogens is 2. The second-order valence-corrected chi connectivity index (χ2v) is 5.80. The summed E-state index contributed by atoms with van der Waals surface area (Å²) in [5.41, 5.74) is 2.03. The van der Waals surface area contributed by atoms with Gasteiger partial charge in [-0.15, -0.1) is 0 Å². The summed E-state index contributed by atoms with van der Waals surface area (Å²) >= 11 is 11.7. The molecule has 116 valence electrons. The zero-order valence-corrected chi connectivity index (χ0v) is 13.7. The molecule has 0 spiro atoms. The first-order valence-corrected chi connectivity index (χ1v) is 7.70. The summed E-state index contributed by atoms with van der Waals surface area (Å²) in [6, 6.07) is 12.9. The number of carbonyl (C=O) groups excluding carboxylic acids is 1. The summed E-state index contributed by atoms with van der Waals surface area (Å²) in [5.74, 6) is 0.514. The molecule has 0 aliphatic carbocycles. The van der Waals surface area contributed by atoms with E-state index in [1.54, 1.807) is 18.2 Å². The van der Waals surface area contributed by atoms with Crippen molar-refractivity contribution >= 4 is 29.1 Å². The number of rotatable bonds is 6. The van der Waals surface area contributed by atoms with Gasteiger partial charge in [0.25, 0.3) is 5.91 Å². The maximum Gasteiger partial charge on any atom is 0.257 e. The number of benzene rings is 2. The molecular formula is C17H17Cl2NO2. The van der Waals surface area contributed by atoms with Crippen LogP contribution in [0.1, 0.15) is 11.1 Å². The second kappa shape index (κ2) is 8.06. The van der Waals surface area contributed by atoms with Gasteiger partial charge < -0.3 is 10.1 Å². The van der Waals surface area contributed by atoms with Gasteiger partial charge in [0.15, 0.2) is 6.61 Å². The molecule has 0 aromatic heterocycles. The number of nitrogens with one attached hydrogen (secondary N) is 1. The number of hydrogen-bond acceptors (Lipinski definition) is 2. The highest BCUT2D eigenvalue weighted by Crippen LogP contribution is 2.21. The first kappa shape index (κ1) is 16.7. The molecule has 0 saturated heterocycles. The molecule has 0 heterocycles. The molecule has 0 atom stereocenters. The number of amides is 1. The Balaban J connectivity index is 1.72. The molecule has 0 bridgehead atoms. The molecule has 0 fully saturated rings. The fourth-order valence-corrected chi connectivity index (χ4v) is 2.32. The van der Waals surface area contributed by atoms with E-state index in [4.69, 9.17) is 27.9 Å². The summed E-state index contributed by atoms with van der Waals surface area (Å²) in [6.07, 6.45) is 0.753. The minimum atomic E-state index is -0.150. The van der Waals surface area contributed by atoms with Gasteiger partial charge in [-0.1, -0.05) is 35.3 Å². The minimum Gasteiger partial charge on any atom is -0.484 e. The van der Waals surface area contributed by atoms with E-state index in [0.29, 0.717) is 22.3 Å². The average molecular weight is 338 g/mol. The van der Waals surface area contributed by atoms with E-state index >= 15 is 0 Å². The molecule has 2 rings (SSSR count). The Bertz CT molecular complexity index is 642. The van der Waals surface area contributed by atoms with Gasteiger partial charge in [-0.2, -0.15) is 0 Å². The highest BCUT2D eigenvalue weighted by Gasteiger charge is 2.05. The Hall–Kier alpha value is -1.71. The molecule has 1 amide bonds. The Morgan fingerprint density at radius 1 is 1.09 bits per heavy atom. The average Bonchev–Trinajstić information content (AvgIpc) is 2.48. The summed E-state index contributed by atoms with van der Waals surface area (Å²) in [5, 5.41) is 4.18. The molecule has 0 aliphatic heterocycles. The SMILES string of the molecule is Cc1cc(Cl)ccc1OCC(=O)NCCc1ccc(Cl)cc1. The van der Waals surface area contributed by atoms with Gasteiger partial charge in [0.1, 0.15) is 5.75 Å². The molecule has 5 heteroatoms. The molecule has 0 aliphatic rings. The quantitative estimate of drug-likeness (QED) is 0.863. The van der Waals surface area contributed by atoms with Crippen molar-refractivity contribution in [2.75, 3.05) is 13.2 Å². The molecule has 3 nitrogen and oxygen atoms in total. The van der Waals surface area contributed by atoms with E-state index in [9.17, 15) is 4.79 Å². The zero-order chi connectivity index (χ0) is 15.9. The van der Waals surface area contributed by atoms with Crippen LogP contribution in [0.4, 0.5) is 0 Å². The molecule has 2 aromatic carbocycles. The normalized spacial score (nSPS) is 10.3. The molecule has 0 radical (unpaired) electrons. The van der Waals surface area contributed by atoms with E-state index in [-0.39, 0.29) is 12.5 Å². The smallest absolute Gasteiger partial charge is 0.257 e. The van der Waals surface area contributed by atoms with Crippen LogP contribution in [-0.2, 0) is 11.2 Å². The fourth-order valence-electron chi connectivity index (χ4n) is 1.97. The monoisotopic (exact) mass is 337 g/mol. The van der Waals surface area contributed by atoms with Crippen molar-refractivity contribution in [2.45, 2.75) is 13.3 Å². The van der Waals surface area contributed by atoms with Crippen LogP contribution in [-0.4, -0.2) is 19.1 Å². The first-order chi connectivity index (χ1) is 10.5. The number of hydrogen-bond donors (Lipinski definition) is 1. The number of aryl methyl sites for hydroxylation is 1. The third-order valence-electron chi connectivity index (χ3n) is 3.14. The van der Waals surface area contributed by atoms with Crippen LogP contribution in [0.2, 0.25) is 10.0 Å². The second-order valence-electron chi connectivity index (χ2n) is 4.92. The predicted octanol–water partition coefficient (Wildman–Crippen LogP) is 4.04. The van der Waals surface area contributed by atoms with E-state index in [2.05, 4.69) is 5.32 Å². The van der Waals surface area contributed by atoms with E-state index in [1.165, 1.54) is 0 Å². The Labute approximate surface area is 140 Å². The Morgan fingerprint density at radius 2 is 1.77 bits per heavy atom. The van der Waals surface area contributed by atoms with Crippen LogP contribution in [0.25, 0.3) is 0 Å². The van der Waals surface area contributed by atoms with Crippen LogP contribution in [0.5, 0.6) is 5.75 Å². The Kier molecular flexibility index (Phi) is 6.10. The molecule has 22 heavy (non-hydrogen) atoms. The fraction of sp³-hybridized carbons (Fsp3) is 0.235. The summed E-state index contributed by atoms with van der Waals surface area (Å²) in [6.45, 7) is 2.44. The zero-order valence-electron chi connectivity index (χ0n) is 12.2. The Morgan fingerprint density at radius 3 is 2.45 bits per heavy atom. The summed E-state index contributed by atoms with van der Waals surface area (Å²) < 4.78 is 5.48. The lowest BCUT2D eigenvalue weighted by molar-refractivity contribution is -0.123. The third-order valence-corrected chi connectivity index (χ3v) is 3.63. The van der Waals surface area contributed by atoms with Gasteiger partial charge >= 0.3 is 0 Å². The van der Waals surface area contributed by atoms with Crippen molar-refractivity contribution in [3.63, 3.8) is 0 Å². The van der Waals surface area contributed by atoms with Gasteiger partial charge in [0.2, 0.25) is 0 Å². The molecule has 0 unspecified atom stereocenters. The highest BCUT2D eigenvalue weighted by atomic mass is 35.5. The number of carbonyl (C=O) groups is 1. The summed E-state index contributed by atoms with van der Waals surface area (Å²) in [7, 11) is 0. The molecule has 1 N–H and O–H groups in total. The lowest BCUT2D eigenvalue weighted by Crippen LogP contribution is -2.30. The summed E-state index contributed by atoms with van der Waals surface area (Å²) in [4.78, 5) is 11.8. The third kappa shape index (κ3) is 5.24. The van der Waals surface area contributed by atoms with Gasteiger partial charge in [-0.25, -0.2) is 0 Å². The van der Waals surface area contributed by atoms with Crippen LogP contribution in [0.15, 0.2) is 42.5 Å². The van der Waals surface area contributed by atoms with E-state index < -0.39 is 0 Å². The number of ether oxygens (including phenoxy) is 1. The maximum atomic E-state index is 11.8. The minimum absolute atomic E-state index is 0.0108. The van der Waals surface area contributed by atoms with Crippen molar-refractivity contribution in [3.05, 3.63) is 63.6 Å². The van der Waals surface area contributed by atoms with E-state index in [0.717, 1.165) is 17.5 Å². The molecular weight excluding hydrogens is 321 g/mol. The lowest BCUT2D eigenvalue weighted by Gasteiger charge is -2.10. The molecule has 0 saturated carbocycles. The van der Waals surface area contributed by atoms with Crippen molar-refractivity contribution < 1.29 is 9.53 Å². The van der Waals surface area contributed by atoms with Crippen LogP contribution in [0, 0.1) is 6.92 Å². The van der Waals surface area contributed by atoms with Crippen molar-refractivity contribution in [3.8, 4) is 5.75 Å². The lowest BCUT2D eigenvalue weighted by atomic mass is 10.1. The molecule has 2 aromatic rings. The van der Waals surface area contributed by atoms with Gasteiger partial charge in [-0.05, 0) is 54.8 Å². The van der Waals surface area contributed by atoms with Gasteiger partial charge in [-0.3, -0.25) is 4.79 Å². The van der Waals surface area contributed by atoms with Crippen molar-refractivity contribution in [1.29, 1.82) is 0 Å². The van der Waals surface area contributed by atoms with Gasteiger partial charge in [0, 0.05) is 16.6 Å². The highest BCUT2D eigenvalue weighted by molar-refractivity contribution is 6.30. The van der Waals surface area contributed by atoms with Gasteiger partial charge in [0.05, 0.1) is 0 Å². The predicted molar refractivity (Wildman–Crippen MR) is 89.8 cm³/mol. The van der Waals surface area contributed by atoms with E-state index in [1.807, 2.05) is 31.2 Å². The van der Waals surface area contributed by atoms with Crippen molar-refractivity contribution in [1.82, 2.24) is 5.32 Å². The van der Waals surface area contributed by atoms with Crippen LogP contribution >= 0.6 is 23.2 Å². The first-order valence-electron chi connectivity index (χ1n) is 6.94. The maximum absolute atomic E-state index is 11.8. The van der Waals surface area contributed by atoms with Crippen LogP contribution < -0.4 is 10.1 Å². The topological polar surface area (TPSA) is 38.3 Å².